The van der Waals surface area contributed by atoms with Crippen molar-refractivity contribution in [2.45, 2.75) is 37.9 Å². The first kappa shape index (κ1) is 13.4. The summed E-state index contributed by atoms with van der Waals surface area (Å²) in [6, 6.07) is 0.746. The first-order valence-electron chi connectivity index (χ1n) is 7.29. The lowest BCUT2D eigenvalue weighted by atomic mass is 9.78. The van der Waals surface area contributed by atoms with Gasteiger partial charge in [0, 0.05) is 25.9 Å². The Kier molecular flexibility index (Phi) is 3.42. The maximum absolute atomic E-state index is 9.47. The van der Waals surface area contributed by atoms with Crippen molar-refractivity contribution in [3.8, 4) is 0 Å². The topological polar surface area (TPSA) is 45.1 Å². The van der Waals surface area contributed by atoms with Crippen molar-refractivity contribution in [2.75, 3.05) is 19.6 Å². The van der Waals surface area contributed by atoms with Gasteiger partial charge < -0.3 is 14.7 Å². The van der Waals surface area contributed by atoms with Gasteiger partial charge in [0.15, 0.2) is 0 Å². The van der Waals surface area contributed by atoms with E-state index in [1.807, 2.05) is 13.0 Å². The predicted molar refractivity (Wildman–Crippen MR) is 79.6 cm³/mol. The second kappa shape index (κ2) is 5.09. The molecule has 0 aromatic carbocycles. The van der Waals surface area contributed by atoms with Crippen LogP contribution < -0.4 is 0 Å². The van der Waals surface area contributed by atoms with Gasteiger partial charge in [-0.1, -0.05) is 24.8 Å². The normalized spacial score (nSPS) is 33.4. The molecular formula is C16H22N2O2. The van der Waals surface area contributed by atoms with Crippen molar-refractivity contribution in [3.63, 3.8) is 0 Å². The summed E-state index contributed by atoms with van der Waals surface area (Å²) in [6.07, 6.45) is 8.36. The van der Waals surface area contributed by atoms with Crippen LogP contribution in [0.25, 0.3) is 0 Å². The SMILES string of the molecule is C=CC1=C(/C=C\C)CCN(C2=NCC3(CC(O)C3)O2)C1. The minimum atomic E-state index is -0.212. The Bertz CT molecular complexity index is 499. The number of allylic oxidation sites excluding steroid dienone is 2. The fraction of sp³-hybridized carbons (Fsp3) is 0.562. The summed E-state index contributed by atoms with van der Waals surface area (Å²) in [5, 5.41) is 9.47. The predicted octanol–water partition coefficient (Wildman–Crippen LogP) is 2.03. The molecule has 1 spiro atoms. The second-order valence-corrected chi connectivity index (χ2v) is 5.87. The molecule has 1 N–H and O–H groups in total. The van der Waals surface area contributed by atoms with Crippen LogP contribution in [0.2, 0.25) is 0 Å². The standard InChI is InChI=1S/C16H22N2O2/c1-3-5-13-6-7-18(10-12(13)4-2)15-17-11-16(20-15)8-14(19)9-16/h3-5,14,19H,2,6-11H2,1H3/b5-3-. The van der Waals surface area contributed by atoms with E-state index in [2.05, 4.69) is 28.6 Å². The van der Waals surface area contributed by atoms with Crippen molar-refractivity contribution in [2.24, 2.45) is 4.99 Å². The van der Waals surface area contributed by atoms with E-state index >= 15 is 0 Å². The molecule has 1 fully saturated rings. The van der Waals surface area contributed by atoms with E-state index in [1.54, 1.807) is 0 Å². The van der Waals surface area contributed by atoms with E-state index in [4.69, 9.17) is 4.74 Å². The van der Waals surface area contributed by atoms with Gasteiger partial charge in [0.25, 0.3) is 6.02 Å². The molecule has 3 rings (SSSR count). The van der Waals surface area contributed by atoms with E-state index in [9.17, 15) is 5.11 Å². The first-order valence-corrected chi connectivity index (χ1v) is 7.29. The molecule has 0 amide bonds. The zero-order chi connectivity index (χ0) is 14.2. The van der Waals surface area contributed by atoms with Gasteiger partial charge in [-0.3, -0.25) is 0 Å². The molecule has 0 unspecified atom stereocenters. The Morgan fingerprint density at radius 2 is 2.25 bits per heavy atom. The minimum absolute atomic E-state index is 0.212. The molecule has 20 heavy (non-hydrogen) atoms. The van der Waals surface area contributed by atoms with Gasteiger partial charge in [-0.15, -0.1) is 0 Å². The third-order valence-electron chi connectivity index (χ3n) is 4.34. The van der Waals surface area contributed by atoms with Crippen molar-refractivity contribution < 1.29 is 9.84 Å². The highest BCUT2D eigenvalue weighted by Crippen LogP contribution is 2.40. The highest BCUT2D eigenvalue weighted by Gasteiger charge is 2.50. The number of hydrogen-bond acceptors (Lipinski definition) is 4. The van der Waals surface area contributed by atoms with Crippen molar-refractivity contribution in [3.05, 3.63) is 36.0 Å². The molecule has 3 aliphatic rings. The lowest BCUT2D eigenvalue weighted by Crippen LogP contribution is -2.51. The molecule has 0 saturated heterocycles. The van der Waals surface area contributed by atoms with Gasteiger partial charge in [-0.05, 0) is 24.5 Å². The van der Waals surface area contributed by atoms with Gasteiger partial charge in [-0.25, -0.2) is 4.99 Å². The quantitative estimate of drug-likeness (QED) is 0.838. The van der Waals surface area contributed by atoms with Crippen LogP contribution >= 0.6 is 0 Å². The van der Waals surface area contributed by atoms with Crippen LogP contribution in [0.1, 0.15) is 26.2 Å². The van der Waals surface area contributed by atoms with E-state index in [0.29, 0.717) is 19.4 Å². The molecular weight excluding hydrogens is 252 g/mol. The lowest BCUT2D eigenvalue weighted by molar-refractivity contribution is -0.0898. The molecule has 0 aromatic rings. The molecule has 1 saturated carbocycles. The number of aliphatic imine (C=N–C) groups is 1. The third-order valence-corrected chi connectivity index (χ3v) is 4.34. The van der Waals surface area contributed by atoms with Crippen molar-refractivity contribution in [1.29, 1.82) is 0 Å². The number of hydrogen-bond donors (Lipinski definition) is 1. The number of aliphatic hydroxyl groups excluding tert-OH is 1. The van der Waals surface area contributed by atoms with Gasteiger partial charge in [0.2, 0.25) is 0 Å². The Morgan fingerprint density at radius 3 is 2.90 bits per heavy atom. The van der Waals surface area contributed by atoms with Crippen LogP contribution in [0.4, 0.5) is 0 Å². The maximum atomic E-state index is 9.47. The Labute approximate surface area is 120 Å². The van der Waals surface area contributed by atoms with E-state index < -0.39 is 0 Å². The number of amidine groups is 1. The highest BCUT2D eigenvalue weighted by atomic mass is 16.5. The van der Waals surface area contributed by atoms with E-state index in [0.717, 1.165) is 25.5 Å². The molecule has 0 radical (unpaired) electrons. The van der Waals surface area contributed by atoms with Gasteiger partial charge >= 0.3 is 0 Å². The highest BCUT2D eigenvalue weighted by molar-refractivity contribution is 5.77. The third kappa shape index (κ3) is 2.29. The average Bonchev–Trinajstić information content (AvgIpc) is 2.84. The summed E-state index contributed by atoms with van der Waals surface area (Å²) in [5.41, 5.74) is 2.39. The largest absolute Gasteiger partial charge is 0.456 e. The van der Waals surface area contributed by atoms with E-state index in [-0.39, 0.29) is 11.7 Å². The average molecular weight is 274 g/mol. The van der Waals surface area contributed by atoms with Gasteiger partial charge in [0.1, 0.15) is 5.60 Å². The first-order chi connectivity index (χ1) is 9.65. The molecule has 0 aromatic heterocycles. The monoisotopic (exact) mass is 274 g/mol. The van der Waals surface area contributed by atoms with Crippen LogP contribution in [0, 0.1) is 0 Å². The number of ether oxygens (including phenoxy) is 1. The summed E-state index contributed by atoms with van der Waals surface area (Å²) >= 11 is 0. The number of rotatable bonds is 2. The molecule has 2 aliphatic heterocycles. The van der Waals surface area contributed by atoms with Crippen LogP contribution in [-0.2, 0) is 4.74 Å². The molecule has 1 aliphatic carbocycles. The zero-order valence-electron chi connectivity index (χ0n) is 12.0. The Morgan fingerprint density at radius 1 is 1.45 bits per heavy atom. The van der Waals surface area contributed by atoms with Crippen molar-refractivity contribution in [1.82, 2.24) is 4.90 Å². The summed E-state index contributed by atoms with van der Waals surface area (Å²) in [5.74, 6) is 0. The molecule has 2 heterocycles. The summed E-state index contributed by atoms with van der Waals surface area (Å²) in [7, 11) is 0. The fourth-order valence-corrected chi connectivity index (χ4v) is 3.20. The lowest BCUT2D eigenvalue weighted by Gasteiger charge is -2.41. The molecule has 4 heteroatoms. The minimum Gasteiger partial charge on any atom is -0.456 e. The molecule has 4 nitrogen and oxygen atoms in total. The van der Waals surface area contributed by atoms with Crippen LogP contribution in [0.3, 0.4) is 0 Å². The maximum Gasteiger partial charge on any atom is 0.288 e. The fourth-order valence-electron chi connectivity index (χ4n) is 3.20. The number of aliphatic hydroxyl groups is 1. The summed E-state index contributed by atoms with van der Waals surface area (Å²) < 4.78 is 6.02. The molecule has 108 valence electrons. The molecule has 0 bridgehead atoms. The Hall–Kier alpha value is -1.55. The van der Waals surface area contributed by atoms with Crippen LogP contribution in [0.15, 0.2) is 40.9 Å². The van der Waals surface area contributed by atoms with Gasteiger partial charge in [0.05, 0.1) is 12.6 Å². The van der Waals surface area contributed by atoms with E-state index in [1.165, 1.54) is 11.1 Å². The summed E-state index contributed by atoms with van der Waals surface area (Å²) in [6.45, 7) is 8.37. The van der Waals surface area contributed by atoms with Gasteiger partial charge in [-0.2, -0.15) is 0 Å². The summed E-state index contributed by atoms with van der Waals surface area (Å²) in [4.78, 5) is 6.73. The smallest absolute Gasteiger partial charge is 0.288 e. The number of nitrogens with zero attached hydrogens (tertiary/aromatic N) is 2. The van der Waals surface area contributed by atoms with Crippen LogP contribution in [0.5, 0.6) is 0 Å². The van der Waals surface area contributed by atoms with Crippen LogP contribution in [-0.4, -0.2) is 47.4 Å². The second-order valence-electron chi connectivity index (χ2n) is 5.87. The zero-order valence-corrected chi connectivity index (χ0v) is 12.0. The molecule has 0 atom stereocenters. The Balaban J connectivity index is 1.67. The van der Waals surface area contributed by atoms with Crippen molar-refractivity contribution >= 4 is 6.02 Å².